The minimum absolute atomic E-state index is 0.0704. The Kier molecular flexibility index (Phi) is 16.9. The van der Waals surface area contributed by atoms with Gasteiger partial charge in [0.05, 0.1) is 31.2 Å². The predicted molar refractivity (Wildman–Crippen MR) is 198 cm³/mol. The third-order valence-electron chi connectivity index (χ3n) is 7.70. The number of methoxy groups -OCH3 is 1. The Morgan fingerprint density at radius 2 is 1.24 bits per heavy atom. The number of likely N-dealkylation sites (N-methyl/N-ethyl adjacent to an activating group) is 2. The zero-order chi connectivity index (χ0) is 37.1. The molecule has 0 spiro atoms. The van der Waals surface area contributed by atoms with E-state index < -0.39 is 41.9 Å². The Morgan fingerprint density at radius 1 is 0.848 bits per heavy atom. The molecule has 0 aliphatic carbocycles. The minimum atomic E-state index is -2.83. The van der Waals surface area contributed by atoms with Crippen molar-refractivity contribution in [2.75, 3.05) is 46.3 Å². The van der Waals surface area contributed by atoms with Crippen molar-refractivity contribution in [2.24, 2.45) is 0 Å². The van der Waals surface area contributed by atoms with Crippen LogP contribution in [0.25, 0.3) is 0 Å². The molecular weight excluding hydrogens is 947 g/mol. The Labute approximate surface area is 323 Å². The molecule has 2 saturated heterocycles. The average Bonchev–Trinajstić information content (AvgIpc) is 3.70. The van der Waals surface area contributed by atoms with Gasteiger partial charge in [-0.25, -0.2) is 0 Å². The predicted octanol–water partition coefficient (Wildman–Crippen LogP) is 7.31. The van der Waals surface area contributed by atoms with E-state index in [4.69, 9.17) is 55.3 Å². The molecule has 10 nitrogen and oxygen atoms in total. The number of aromatic hydroxyl groups is 3. The molecule has 0 aromatic heterocycles. The number of phenolic OH excluding ortho intramolecular Hbond substituents is 3. The van der Waals surface area contributed by atoms with E-state index >= 15 is 0 Å². The van der Waals surface area contributed by atoms with Gasteiger partial charge in [-0.15, -0.1) is 0 Å². The van der Waals surface area contributed by atoms with E-state index in [1.165, 1.54) is 6.07 Å². The number of carbonyl (C=O) groups is 2. The van der Waals surface area contributed by atoms with Gasteiger partial charge in [-0.05, 0) is 64.0 Å². The second-order valence-corrected chi connectivity index (χ2v) is 23.7. The van der Waals surface area contributed by atoms with Crippen LogP contribution in [0.1, 0.15) is 64.4 Å². The fraction of sp³-hybridized carbons (Fsp3) is 0.517. The SMILES string of the molecule is CCN1CCCC1CNC(=O)c1c(O)c(Cl)cc(Cl)c1O.[3H]C([3H])([3H])Oc1c(Cl)cc(Cl)c(O)c1C(=O)NCC1CCCN1CC.[I][V][I]. The van der Waals surface area contributed by atoms with Crippen LogP contribution in [0.15, 0.2) is 12.1 Å². The Bertz CT molecular complexity index is 1430. The zero-order valence-corrected chi connectivity index (χ0v) is 33.8. The average molecular weight is 991 g/mol. The first-order valence-electron chi connectivity index (χ1n) is 15.8. The molecule has 2 atom stereocenters. The number of nitrogens with one attached hydrogen (secondary N) is 2. The normalized spacial score (nSPS) is 19.0. The number of ether oxygens (including phenoxy) is 1. The van der Waals surface area contributed by atoms with Crippen molar-refractivity contribution in [3.8, 4) is 23.0 Å². The van der Waals surface area contributed by atoms with Crippen LogP contribution < -0.4 is 15.4 Å². The summed E-state index contributed by atoms with van der Waals surface area (Å²) >= 11 is 28.1. The molecule has 0 bridgehead atoms. The molecule has 2 aliphatic rings. The van der Waals surface area contributed by atoms with Gasteiger partial charge in [0.25, 0.3) is 11.8 Å². The number of amides is 2. The zero-order valence-electron chi connectivity index (χ0n) is 28.1. The number of nitrogens with zero attached hydrogens (tertiary/aromatic N) is 2. The molecule has 2 aliphatic heterocycles. The molecule has 2 fully saturated rings. The molecule has 0 radical (unpaired) electrons. The van der Waals surface area contributed by atoms with E-state index in [1.54, 1.807) is 0 Å². The fourth-order valence-corrected chi connectivity index (χ4v) is 6.36. The number of hydrogen-bond acceptors (Lipinski definition) is 8. The molecule has 2 amide bonds. The quantitative estimate of drug-likeness (QED) is 0.165. The van der Waals surface area contributed by atoms with Crippen LogP contribution >= 0.6 is 86.4 Å². The molecule has 2 heterocycles. The first-order chi connectivity index (χ1) is 23.0. The maximum absolute atomic E-state index is 12.6. The summed E-state index contributed by atoms with van der Waals surface area (Å²) in [5.74, 6) is -3.19. The van der Waals surface area contributed by atoms with Crippen molar-refractivity contribution in [2.45, 2.75) is 51.6 Å². The fourth-order valence-electron chi connectivity index (χ4n) is 5.40. The number of halogens is 6. The van der Waals surface area contributed by atoms with Gasteiger partial charge in [0.15, 0.2) is 23.0 Å². The molecule has 2 aromatic rings. The van der Waals surface area contributed by atoms with Gasteiger partial charge in [0.2, 0.25) is 0 Å². The Hall–Kier alpha value is -0.296. The summed E-state index contributed by atoms with van der Waals surface area (Å²) < 4.78 is 26.5. The van der Waals surface area contributed by atoms with Crippen molar-refractivity contribution < 1.29 is 43.2 Å². The van der Waals surface area contributed by atoms with Crippen molar-refractivity contribution in [1.82, 2.24) is 20.4 Å². The molecule has 46 heavy (non-hydrogen) atoms. The first kappa shape index (κ1) is 37.0. The number of hydrogen-bond donors (Lipinski definition) is 5. The van der Waals surface area contributed by atoms with Crippen LogP contribution in [0.2, 0.25) is 20.1 Å². The van der Waals surface area contributed by atoms with Crippen molar-refractivity contribution in [3.63, 3.8) is 0 Å². The summed E-state index contributed by atoms with van der Waals surface area (Å²) in [5, 5.41) is 34.8. The van der Waals surface area contributed by atoms with Crippen molar-refractivity contribution >= 4 is 98.2 Å². The van der Waals surface area contributed by atoms with E-state index in [0.29, 0.717) is 22.6 Å². The monoisotopic (exact) mass is 989 g/mol. The molecule has 5 N–H and O–H groups in total. The van der Waals surface area contributed by atoms with Gasteiger partial charge in [-0.1, -0.05) is 60.3 Å². The molecule has 257 valence electrons. The summed E-state index contributed by atoms with van der Waals surface area (Å²) in [7, 11) is -2.20. The second-order valence-electron chi connectivity index (χ2n) is 10.2. The summed E-state index contributed by atoms with van der Waals surface area (Å²) in [6, 6.07) is 2.79. The van der Waals surface area contributed by atoms with Gasteiger partial charge >= 0.3 is 49.4 Å². The summed E-state index contributed by atoms with van der Waals surface area (Å²) in [6.07, 6.45) is 4.13. The summed E-state index contributed by atoms with van der Waals surface area (Å²) in [5.41, 5.74) is -0.664. The van der Waals surface area contributed by atoms with Gasteiger partial charge in [0, 0.05) is 25.2 Å². The summed E-state index contributed by atoms with van der Waals surface area (Å²) in [6.45, 7) is 8.75. The summed E-state index contributed by atoms with van der Waals surface area (Å²) in [4.78, 5) is 29.3. The third kappa shape index (κ3) is 11.4. The van der Waals surface area contributed by atoms with Crippen LogP contribution in [0.4, 0.5) is 0 Å². The third-order valence-corrected chi connectivity index (χ3v) is 8.85. The number of benzene rings is 2. The molecule has 17 heteroatoms. The first-order valence-corrected chi connectivity index (χ1v) is 24.8. The van der Waals surface area contributed by atoms with Gasteiger partial charge in [0.1, 0.15) is 11.1 Å². The van der Waals surface area contributed by atoms with Crippen LogP contribution in [0, 0.1) is 0 Å². The maximum atomic E-state index is 12.6. The van der Waals surface area contributed by atoms with Gasteiger partial charge in [-0.3, -0.25) is 19.4 Å². The molecule has 2 unspecified atom stereocenters. The van der Waals surface area contributed by atoms with Crippen molar-refractivity contribution in [3.05, 3.63) is 43.4 Å². The molecule has 0 saturated carbocycles. The Balaban J connectivity index is 0.000000319. The number of phenols is 3. The number of carbonyl (C=O) groups excluding carboxylic acids is 2. The van der Waals surface area contributed by atoms with E-state index in [1.807, 2.05) is 6.92 Å². The van der Waals surface area contributed by atoms with Crippen LogP contribution in [-0.4, -0.2) is 95.3 Å². The van der Waals surface area contributed by atoms with Crippen LogP contribution in [-0.2, 0) is 9.47 Å². The topological polar surface area (TPSA) is 135 Å². The number of rotatable bonds is 9. The van der Waals surface area contributed by atoms with E-state index in [-0.39, 0.29) is 43.3 Å². The number of likely N-dealkylation sites (tertiary alicyclic amines) is 2. The standard InChI is InChI=1S/C15H20Cl2N2O3.C14H18Cl2N2O3.2HI.V/c1-3-19-6-4-5-9(19)8-18-15(21)12-13(20)10(16)7-11(17)14(12)22-2;1-2-18-5-3-4-8(18)7-17-14(21)11-12(19)9(15)6-10(16)13(11)20;;;/h7,9,20H,3-6,8H2,1-2H3,(H,18,21);6,8,19-20H,2-5,7H2,1H3,(H,17,21);2*1H;/q;;;;+2/p-2/i2T3;;;;. The molecule has 2 aromatic carbocycles. The Morgan fingerprint density at radius 3 is 1.65 bits per heavy atom. The van der Waals surface area contributed by atoms with Crippen LogP contribution in [0.5, 0.6) is 23.0 Å². The van der Waals surface area contributed by atoms with E-state index in [0.717, 1.165) is 57.9 Å². The second kappa shape index (κ2) is 21.0. The van der Waals surface area contributed by atoms with Gasteiger partial charge < -0.3 is 30.7 Å². The van der Waals surface area contributed by atoms with Crippen LogP contribution in [0.3, 0.4) is 0 Å². The van der Waals surface area contributed by atoms with Crippen molar-refractivity contribution in [1.29, 1.82) is 0 Å². The van der Waals surface area contributed by atoms with E-state index in [9.17, 15) is 24.9 Å². The molecule has 4 rings (SSSR count). The molecular formula is C29H38Cl4I2N4O6V. The van der Waals surface area contributed by atoms with Gasteiger partial charge in [-0.2, -0.15) is 0 Å². The van der Waals surface area contributed by atoms with E-state index in [2.05, 4.69) is 67.3 Å².